The molecule has 2 fully saturated rings. The number of anilines is 1. The Morgan fingerprint density at radius 2 is 1.79 bits per heavy atom. The molecule has 2 saturated heterocycles. The molecule has 1 spiro atoms. The van der Waals surface area contributed by atoms with Crippen molar-refractivity contribution < 1.29 is 14.3 Å². The Morgan fingerprint density at radius 1 is 1.14 bits per heavy atom. The minimum absolute atomic E-state index is 0.185. The number of nitrogens with one attached hydrogen (secondary N) is 1. The number of hydrogen-bond acceptors (Lipinski definition) is 5. The number of aromatic nitrogens is 2. The smallest absolute Gasteiger partial charge is 0.295 e. The first kappa shape index (κ1) is 18.9. The third kappa shape index (κ3) is 3.50. The van der Waals surface area contributed by atoms with E-state index in [-0.39, 0.29) is 18.0 Å². The molecule has 0 radical (unpaired) electrons. The Morgan fingerprint density at radius 3 is 2.43 bits per heavy atom. The molecule has 0 atom stereocenters. The largest absolute Gasteiger partial charge is 0.347 e. The van der Waals surface area contributed by atoms with E-state index in [1.807, 2.05) is 44.3 Å². The first-order chi connectivity index (χ1) is 13.5. The summed E-state index contributed by atoms with van der Waals surface area (Å²) >= 11 is 0. The molecule has 0 saturated carbocycles. The fraction of sp³-hybridized carbons (Fsp3) is 0.500. The predicted molar refractivity (Wildman–Crippen MR) is 105 cm³/mol. The van der Waals surface area contributed by atoms with Crippen LogP contribution in [0.15, 0.2) is 35.1 Å². The minimum atomic E-state index is -0.452. The molecule has 0 bridgehead atoms. The molecular formula is C20H26N4O4. The molecule has 8 heteroatoms. The summed E-state index contributed by atoms with van der Waals surface area (Å²) in [6, 6.07) is 9.39. The third-order valence-electron chi connectivity index (χ3n) is 5.62. The number of nitrogens with zero attached hydrogens (tertiary/aromatic N) is 3. The lowest BCUT2D eigenvalue weighted by atomic mass is 10.0. The monoisotopic (exact) mass is 386 g/mol. The van der Waals surface area contributed by atoms with Gasteiger partial charge in [0.15, 0.2) is 5.79 Å². The highest BCUT2D eigenvalue weighted by Gasteiger charge is 2.40. The molecule has 2 aliphatic heterocycles. The summed E-state index contributed by atoms with van der Waals surface area (Å²) in [7, 11) is 1.81. The van der Waals surface area contributed by atoms with Crippen LogP contribution in [0.25, 0.3) is 5.69 Å². The van der Waals surface area contributed by atoms with E-state index in [1.54, 1.807) is 9.36 Å². The zero-order valence-corrected chi connectivity index (χ0v) is 16.3. The maximum absolute atomic E-state index is 12.9. The van der Waals surface area contributed by atoms with Crippen molar-refractivity contribution in [3.05, 3.63) is 46.4 Å². The van der Waals surface area contributed by atoms with Crippen molar-refractivity contribution >= 4 is 11.6 Å². The van der Waals surface area contributed by atoms with Gasteiger partial charge in [-0.25, -0.2) is 4.68 Å². The number of piperidine rings is 1. The van der Waals surface area contributed by atoms with E-state index in [1.165, 1.54) is 0 Å². The summed E-state index contributed by atoms with van der Waals surface area (Å²) in [6.07, 6.45) is 1.51. The highest BCUT2D eigenvalue weighted by atomic mass is 16.7. The van der Waals surface area contributed by atoms with Crippen molar-refractivity contribution in [3.8, 4) is 5.69 Å². The molecule has 1 aromatic heterocycles. The number of benzene rings is 1. The normalized spacial score (nSPS) is 19.2. The van der Waals surface area contributed by atoms with Gasteiger partial charge in [-0.3, -0.25) is 19.2 Å². The van der Waals surface area contributed by atoms with Gasteiger partial charge in [-0.05, 0) is 19.1 Å². The van der Waals surface area contributed by atoms with E-state index in [4.69, 9.17) is 9.47 Å². The predicted octanol–water partition coefficient (Wildman–Crippen LogP) is 1.26. The SMILES string of the molecule is Cc1c(NC(=O)CN2CCC3(CC2)OCCO3)c(=O)n(-c2ccccc2)n1C. The van der Waals surface area contributed by atoms with E-state index in [0.717, 1.165) is 31.6 Å². The lowest BCUT2D eigenvalue weighted by molar-refractivity contribution is -0.185. The van der Waals surface area contributed by atoms with Gasteiger partial charge in [0, 0.05) is 33.0 Å². The number of amides is 1. The number of ether oxygens (including phenoxy) is 2. The van der Waals surface area contributed by atoms with Crippen molar-refractivity contribution in [2.75, 3.05) is 38.2 Å². The number of carbonyl (C=O) groups excluding carboxylic acids is 1. The van der Waals surface area contributed by atoms with E-state index < -0.39 is 5.79 Å². The van der Waals surface area contributed by atoms with Gasteiger partial charge in [-0.1, -0.05) is 18.2 Å². The fourth-order valence-corrected chi connectivity index (χ4v) is 3.93. The second-order valence-corrected chi connectivity index (χ2v) is 7.37. The van der Waals surface area contributed by atoms with Crippen LogP contribution < -0.4 is 10.9 Å². The Balaban J connectivity index is 1.43. The van der Waals surface area contributed by atoms with Gasteiger partial charge in [0.2, 0.25) is 5.91 Å². The summed E-state index contributed by atoms with van der Waals surface area (Å²) in [6.45, 7) is 4.82. The van der Waals surface area contributed by atoms with Crippen LogP contribution in [0.1, 0.15) is 18.5 Å². The first-order valence-electron chi connectivity index (χ1n) is 9.63. The van der Waals surface area contributed by atoms with Crippen LogP contribution in [-0.4, -0.2) is 58.8 Å². The lowest BCUT2D eigenvalue weighted by Gasteiger charge is -2.37. The van der Waals surface area contributed by atoms with Crippen LogP contribution in [-0.2, 0) is 21.3 Å². The molecule has 1 N–H and O–H groups in total. The zero-order valence-electron chi connectivity index (χ0n) is 16.3. The molecule has 0 aliphatic carbocycles. The van der Waals surface area contributed by atoms with Crippen molar-refractivity contribution in [1.82, 2.24) is 14.3 Å². The molecular weight excluding hydrogens is 360 g/mol. The van der Waals surface area contributed by atoms with Crippen LogP contribution in [0, 0.1) is 6.92 Å². The van der Waals surface area contributed by atoms with Gasteiger partial charge in [0.05, 0.1) is 31.1 Å². The highest BCUT2D eigenvalue weighted by molar-refractivity contribution is 5.92. The molecule has 150 valence electrons. The highest BCUT2D eigenvalue weighted by Crippen LogP contribution is 2.31. The molecule has 2 aromatic rings. The number of hydrogen-bond donors (Lipinski definition) is 1. The van der Waals surface area contributed by atoms with Gasteiger partial charge in [-0.2, -0.15) is 0 Å². The average Bonchev–Trinajstić information content (AvgIpc) is 3.23. The van der Waals surface area contributed by atoms with Crippen LogP contribution in [0.5, 0.6) is 0 Å². The quantitative estimate of drug-likeness (QED) is 0.856. The Labute approximate surface area is 163 Å². The van der Waals surface area contributed by atoms with Gasteiger partial charge in [-0.15, -0.1) is 0 Å². The van der Waals surface area contributed by atoms with E-state index >= 15 is 0 Å². The second kappa shape index (κ2) is 7.54. The van der Waals surface area contributed by atoms with Crippen LogP contribution in [0.3, 0.4) is 0 Å². The Hall–Kier alpha value is -2.42. The molecule has 1 aromatic carbocycles. The van der Waals surface area contributed by atoms with Crippen LogP contribution in [0.2, 0.25) is 0 Å². The third-order valence-corrected chi connectivity index (χ3v) is 5.62. The number of para-hydroxylation sites is 1. The van der Waals surface area contributed by atoms with Crippen molar-refractivity contribution in [1.29, 1.82) is 0 Å². The number of likely N-dealkylation sites (tertiary alicyclic amines) is 1. The van der Waals surface area contributed by atoms with Gasteiger partial charge >= 0.3 is 0 Å². The van der Waals surface area contributed by atoms with E-state index in [0.29, 0.717) is 24.6 Å². The molecule has 0 unspecified atom stereocenters. The Kier molecular flexibility index (Phi) is 5.09. The zero-order chi connectivity index (χ0) is 19.7. The van der Waals surface area contributed by atoms with Gasteiger partial charge in [0.1, 0.15) is 5.69 Å². The van der Waals surface area contributed by atoms with Gasteiger partial charge in [0.25, 0.3) is 5.56 Å². The summed E-state index contributed by atoms with van der Waals surface area (Å²) in [4.78, 5) is 27.5. The van der Waals surface area contributed by atoms with Gasteiger partial charge < -0.3 is 14.8 Å². The van der Waals surface area contributed by atoms with Crippen molar-refractivity contribution in [2.24, 2.45) is 7.05 Å². The topological polar surface area (TPSA) is 77.7 Å². The van der Waals surface area contributed by atoms with E-state index in [9.17, 15) is 9.59 Å². The molecule has 2 aliphatic rings. The fourth-order valence-electron chi connectivity index (χ4n) is 3.93. The molecule has 1 amide bonds. The molecule has 4 rings (SSSR count). The number of rotatable bonds is 4. The minimum Gasteiger partial charge on any atom is -0.347 e. The summed E-state index contributed by atoms with van der Waals surface area (Å²) in [5.41, 5.74) is 1.57. The molecule has 8 nitrogen and oxygen atoms in total. The second-order valence-electron chi connectivity index (χ2n) is 7.37. The first-order valence-corrected chi connectivity index (χ1v) is 9.63. The Bertz CT molecular complexity index is 902. The molecule has 3 heterocycles. The summed E-state index contributed by atoms with van der Waals surface area (Å²) in [5.74, 6) is -0.637. The average molecular weight is 386 g/mol. The lowest BCUT2D eigenvalue weighted by Crippen LogP contribution is -2.47. The van der Waals surface area contributed by atoms with Crippen LogP contribution in [0.4, 0.5) is 5.69 Å². The number of carbonyl (C=O) groups is 1. The summed E-state index contributed by atoms with van der Waals surface area (Å²) in [5, 5.41) is 2.82. The van der Waals surface area contributed by atoms with Crippen molar-refractivity contribution in [3.63, 3.8) is 0 Å². The van der Waals surface area contributed by atoms with E-state index in [2.05, 4.69) is 10.2 Å². The summed E-state index contributed by atoms with van der Waals surface area (Å²) < 4.78 is 14.8. The van der Waals surface area contributed by atoms with Crippen LogP contribution >= 0.6 is 0 Å². The maximum Gasteiger partial charge on any atom is 0.295 e. The molecule has 28 heavy (non-hydrogen) atoms. The standard InChI is InChI=1S/C20H26N4O4/c1-15-18(19(26)24(22(15)2)16-6-4-3-5-7-16)21-17(25)14-23-10-8-20(9-11-23)27-12-13-28-20/h3-7H,8-14H2,1-2H3,(H,21,25). The maximum atomic E-state index is 12.9. The van der Waals surface area contributed by atoms with Crippen molar-refractivity contribution in [2.45, 2.75) is 25.6 Å².